The normalized spacial score (nSPS) is 21.8. The van der Waals surface area contributed by atoms with Crippen LogP contribution in [-0.2, 0) is 28.7 Å². The van der Waals surface area contributed by atoms with Gasteiger partial charge in [-0.25, -0.2) is 10.0 Å². The van der Waals surface area contributed by atoms with E-state index in [1.54, 1.807) is 84.9 Å². The van der Waals surface area contributed by atoms with E-state index in [9.17, 15) is 19.2 Å². The largest absolute Gasteiger partial charge is 0.497 e. The van der Waals surface area contributed by atoms with Crippen molar-refractivity contribution >= 4 is 35.1 Å². The number of rotatable bonds is 16. The number of para-hydroxylation sites is 2. The lowest BCUT2D eigenvalue weighted by Crippen LogP contribution is -2.48. The summed E-state index contributed by atoms with van der Waals surface area (Å²) in [5.41, 5.74) is 2.30. The molecule has 0 bridgehead atoms. The minimum absolute atomic E-state index is 0.132. The Morgan fingerprint density at radius 3 is 1.43 bits per heavy atom. The molecule has 2 N–H and O–H groups in total. The molecular weight excluding hydrogens is 713 g/mol. The lowest BCUT2D eigenvalue weighted by atomic mass is 9.81. The average Bonchev–Trinajstić information content (AvgIpc) is 3.75. The molecule has 2 aliphatic heterocycles. The second-order valence-corrected chi connectivity index (χ2v) is 13.9. The zero-order chi connectivity index (χ0) is 39.6. The number of unbranched alkanes of at least 4 members (excludes halogenated alkanes) is 2. The van der Waals surface area contributed by atoms with Gasteiger partial charge in [0.2, 0.25) is 11.8 Å². The van der Waals surface area contributed by atoms with Crippen molar-refractivity contribution in [3.05, 3.63) is 120 Å². The van der Waals surface area contributed by atoms with Gasteiger partial charge in [-0.1, -0.05) is 87.4 Å². The average molecular weight is 763 g/mol. The molecule has 0 unspecified atom stereocenters. The topological polar surface area (TPSA) is 136 Å². The number of amides is 2. The fraction of sp³-hybridized carbons (Fsp3) is 0.364. The van der Waals surface area contributed by atoms with Gasteiger partial charge in [0.1, 0.15) is 29.5 Å². The van der Waals surface area contributed by atoms with Crippen LogP contribution < -0.4 is 20.1 Å². The summed E-state index contributed by atoms with van der Waals surface area (Å²) >= 11 is 0. The van der Waals surface area contributed by atoms with E-state index >= 15 is 0 Å². The fourth-order valence-electron chi connectivity index (χ4n) is 7.63. The molecule has 2 saturated heterocycles. The summed E-state index contributed by atoms with van der Waals surface area (Å²) in [6, 6.07) is 27.9. The highest BCUT2D eigenvalue weighted by molar-refractivity contribution is 6.01. The van der Waals surface area contributed by atoms with Crippen LogP contribution in [-0.4, -0.2) is 73.3 Å². The standard InChI is InChI=1S/C44H50N4O8/c1-5-7-27-55-43(51)36-38(30-21-25-34(54-4)26-22-30)48-40(44(52)56-28-8-6-2)35(41(49)45-31-15-11-9-12-16-31)37(29-19-23-33(53-3)24-20-29)47(48)39(36)42(50)46-32-17-13-10-14-18-32/h9-26,35-40H,5-8,27-28H2,1-4H3,(H,45,49)(H,46,50)/t35-,36-,37+,38-,39+,40-/m0/s1. The van der Waals surface area contributed by atoms with E-state index in [4.69, 9.17) is 18.9 Å². The molecule has 2 aliphatic rings. The van der Waals surface area contributed by atoms with E-state index in [1.165, 1.54) is 0 Å². The summed E-state index contributed by atoms with van der Waals surface area (Å²) in [4.78, 5) is 59.2. The predicted octanol–water partition coefficient (Wildman–Crippen LogP) is 6.97. The molecule has 6 atom stereocenters. The van der Waals surface area contributed by atoms with Gasteiger partial charge in [-0.2, -0.15) is 0 Å². The van der Waals surface area contributed by atoms with E-state index in [1.807, 2.05) is 62.4 Å². The van der Waals surface area contributed by atoms with Crippen molar-refractivity contribution in [3.8, 4) is 11.5 Å². The number of esters is 2. The van der Waals surface area contributed by atoms with Crippen molar-refractivity contribution in [2.45, 2.75) is 63.7 Å². The Hall–Kier alpha value is -5.72. The Labute approximate surface area is 328 Å². The van der Waals surface area contributed by atoms with Crippen LogP contribution in [0.25, 0.3) is 0 Å². The van der Waals surface area contributed by atoms with E-state index in [2.05, 4.69) is 10.6 Å². The predicted molar refractivity (Wildman–Crippen MR) is 212 cm³/mol. The third kappa shape index (κ3) is 8.56. The molecule has 12 heteroatoms. The summed E-state index contributed by atoms with van der Waals surface area (Å²) in [5, 5.41) is 9.55. The van der Waals surface area contributed by atoms with Gasteiger partial charge in [0.05, 0.1) is 45.4 Å². The summed E-state index contributed by atoms with van der Waals surface area (Å²) < 4.78 is 22.9. The highest BCUT2D eigenvalue weighted by atomic mass is 16.5. The van der Waals surface area contributed by atoms with Crippen LogP contribution in [0.5, 0.6) is 11.5 Å². The van der Waals surface area contributed by atoms with Gasteiger partial charge in [-0.15, -0.1) is 0 Å². The molecule has 2 fully saturated rings. The van der Waals surface area contributed by atoms with Crippen LogP contribution in [0.2, 0.25) is 0 Å². The first-order chi connectivity index (χ1) is 27.3. The summed E-state index contributed by atoms with van der Waals surface area (Å²) in [7, 11) is 3.12. The SMILES string of the molecule is CCCCOC(=O)[C@@H]1[C@H](C(=O)Nc2ccccc2)N2[C@H](c3ccc(OC)cc3)[C@H](C(=O)Nc3ccccc3)[C@@H](C(=O)OCCCC)N2[C@H]1c1ccc(OC)cc1. The smallest absolute Gasteiger partial charge is 0.325 e. The third-order valence-electron chi connectivity index (χ3n) is 10.3. The molecule has 2 heterocycles. The van der Waals surface area contributed by atoms with Gasteiger partial charge in [0, 0.05) is 11.4 Å². The van der Waals surface area contributed by atoms with Gasteiger partial charge >= 0.3 is 11.9 Å². The number of hydrogen-bond acceptors (Lipinski definition) is 10. The first-order valence-corrected chi connectivity index (χ1v) is 19.2. The van der Waals surface area contributed by atoms with Crippen molar-refractivity contribution < 1.29 is 38.1 Å². The maximum Gasteiger partial charge on any atom is 0.325 e. The van der Waals surface area contributed by atoms with E-state index < -0.39 is 59.8 Å². The Balaban J connectivity index is 1.60. The first-order valence-electron chi connectivity index (χ1n) is 19.2. The van der Waals surface area contributed by atoms with Crippen LogP contribution >= 0.6 is 0 Å². The molecule has 4 aromatic rings. The molecule has 56 heavy (non-hydrogen) atoms. The molecule has 294 valence electrons. The van der Waals surface area contributed by atoms with Crippen molar-refractivity contribution in [2.24, 2.45) is 11.8 Å². The number of hydrazine groups is 1. The van der Waals surface area contributed by atoms with E-state index in [0.717, 1.165) is 12.8 Å². The number of methoxy groups -OCH3 is 2. The number of nitrogens with zero attached hydrogens (tertiary/aromatic N) is 2. The molecule has 0 spiro atoms. The van der Waals surface area contributed by atoms with Crippen molar-refractivity contribution in [1.82, 2.24) is 10.0 Å². The summed E-state index contributed by atoms with van der Waals surface area (Å²) in [6.45, 7) is 4.27. The molecule has 0 aromatic heterocycles. The Bertz CT molecular complexity index is 1930. The van der Waals surface area contributed by atoms with Crippen LogP contribution in [0.15, 0.2) is 109 Å². The number of benzene rings is 4. The van der Waals surface area contributed by atoms with Gasteiger partial charge in [-0.05, 0) is 72.5 Å². The number of nitrogens with one attached hydrogen (secondary N) is 2. The van der Waals surface area contributed by atoms with E-state index in [-0.39, 0.29) is 13.2 Å². The molecule has 6 rings (SSSR count). The molecule has 2 amide bonds. The lowest BCUT2D eigenvalue weighted by Gasteiger charge is -2.33. The maximum absolute atomic E-state index is 15.0. The number of carbonyl (C=O) groups is 4. The Kier molecular flexibility index (Phi) is 13.4. The first kappa shape index (κ1) is 40.0. The Morgan fingerprint density at radius 2 is 0.964 bits per heavy atom. The summed E-state index contributed by atoms with van der Waals surface area (Å²) in [6.07, 6.45) is 2.81. The number of hydrogen-bond donors (Lipinski definition) is 2. The quantitative estimate of drug-likeness (QED) is 0.0911. The monoisotopic (exact) mass is 762 g/mol. The van der Waals surface area contributed by atoms with Crippen LogP contribution in [0.1, 0.15) is 62.7 Å². The maximum atomic E-state index is 15.0. The van der Waals surface area contributed by atoms with Gasteiger partial charge in [0.15, 0.2) is 0 Å². The van der Waals surface area contributed by atoms with Crippen LogP contribution in [0, 0.1) is 11.8 Å². The van der Waals surface area contributed by atoms with Crippen molar-refractivity contribution in [2.75, 3.05) is 38.1 Å². The third-order valence-corrected chi connectivity index (χ3v) is 10.3. The number of anilines is 2. The van der Waals surface area contributed by atoms with Crippen LogP contribution in [0.3, 0.4) is 0 Å². The zero-order valence-corrected chi connectivity index (χ0v) is 32.3. The summed E-state index contributed by atoms with van der Waals surface area (Å²) in [5.74, 6) is -3.31. The Morgan fingerprint density at radius 1 is 0.536 bits per heavy atom. The van der Waals surface area contributed by atoms with Gasteiger partial charge in [-0.3, -0.25) is 19.2 Å². The molecule has 4 aromatic carbocycles. The molecule has 12 nitrogen and oxygen atoms in total. The molecular formula is C44H50N4O8. The highest BCUT2D eigenvalue weighted by Gasteiger charge is 2.68. The van der Waals surface area contributed by atoms with Gasteiger partial charge in [0.25, 0.3) is 0 Å². The molecule has 0 radical (unpaired) electrons. The number of ether oxygens (including phenoxy) is 4. The van der Waals surface area contributed by atoms with E-state index in [0.29, 0.717) is 46.8 Å². The van der Waals surface area contributed by atoms with Gasteiger partial charge < -0.3 is 29.6 Å². The second-order valence-electron chi connectivity index (χ2n) is 13.9. The minimum Gasteiger partial charge on any atom is -0.497 e. The van der Waals surface area contributed by atoms with Crippen molar-refractivity contribution in [3.63, 3.8) is 0 Å². The fourth-order valence-corrected chi connectivity index (χ4v) is 7.63. The minimum atomic E-state index is -1.27. The lowest BCUT2D eigenvalue weighted by molar-refractivity contribution is -0.158. The number of fused-ring (bicyclic) bond motifs is 1. The highest BCUT2D eigenvalue weighted by Crippen LogP contribution is 2.56. The molecule has 0 aliphatic carbocycles. The zero-order valence-electron chi connectivity index (χ0n) is 32.3. The molecule has 0 saturated carbocycles. The van der Waals surface area contributed by atoms with Crippen LogP contribution in [0.4, 0.5) is 11.4 Å². The number of carbonyl (C=O) groups excluding carboxylic acids is 4. The van der Waals surface area contributed by atoms with Crippen molar-refractivity contribution in [1.29, 1.82) is 0 Å². The second kappa shape index (κ2) is 18.7.